The molecule has 17 heavy (non-hydrogen) atoms. The van der Waals surface area contributed by atoms with E-state index in [-0.39, 0.29) is 12.5 Å². The summed E-state index contributed by atoms with van der Waals surface area (Å²) in [4.78, 5) is 13.6. The first-order valence-corrected chi connectivity index (χ1v) is 6.09. The Labute approximate surface area is 102 Å². The van der Waals surface area contributed by atoms with Crippen molar-refractivity contribution in [3.05, 3.63) is 29.8 Å². The zero-order chi connectivity index (χ0) is 12.3. The number of ether oxygens (including phenoxy) is 1. The molecule has 1 aromatic carbocycles. The Morgan fingerprint density at radius 1 is 1.41 bits per heavy atom. The molecule has 0 saturated heterocycles. The zero-order valence-electron chi connectivity index (χ0n) is 10.5. The van der Waals surface area contributed by atoms with Gasteiger partial charge in [0.15, 0.2) is 6.61 Å². The molecule has 0 aliphatic heterocycles. The van der Waals surface area contributed by atoms with Gasteiger partial charge in [-0.2, -0.15) is 0 Å². The summed E-state index contributed by atoms with van der Waals surface area (Å²) in [5, 5.41) is 0. The second-order valence-electron chi connectivity index (χ2n) is 4.77. The lowest BCUT2D eigenvalue weighted by molar-refractivity contribution is -0.132. The van der Waals surface area contributed by atoms with Crippen LogP contribution >= 0.6 is 0 Å². The van der Waals surface area contributed by atoms with Gasteiger partial charge in [-0.05, 0) is 37.3 Å². The largest absolute Gasteiger partial charge is 0.484 e. The van der Waals surface area contributed by atoms with Gasteiger partial charge < -0.3 is 9.64 Å². The third-order valence-corrected chi connectivity index (χ3v) is 3.10. The Morgan fingerprint density at radius 2 is 2.12 bits per heavy atom. The van der Waals surface area contributed by atoms with E-state index in [1.54, 1.807) is 4.90 Å². The minimum atomic E-state index is 0.0557. The van der Waals surface area contributed by atoms with Gasteiger partial charge in [-0.1, -0.05) is 18.2 Å². The molecule has 0 heterocycles. The molecular formula is C14H19NO2. The Hall–Kier alpha value is -1.51. The van der Waals surface area contributed by atoms with E-state index < -0.39 is 0 Å². The molecule has 0 radical (unpaired) electrons. The Morgan fingerprint density at radius 3 is 2.76 bits per heavy atom. The van der Waals surface area contributed by atoms with Gasteiger partial charge in [0.2, 0.25) is 0 Å². The highest BCUT2D eigenvalue weighted by atomic mass is 16.5. The van der Waals surface area contributed by atoms with Gasteiger partial charge in [-0.15, -0.1) is 0 Å². The Kier molecular flexibility index (Phi) is 3.67. The van der Waals surface area contributed by atoms with Crippen LogP contribution in [0.2, 0.25) is 0 Å². The zero-order valence-corrected chi connectivity index (χ0v) is 10.5. The van der Waals surface area contributed by atoms with Crippen molar-refractivity contribution in [2.45, 2.75) is 19.8 Å². The van der Waals surface area contributed by atoms with Crippen LogP contribution in [0, 0.1) is 12.8 Å². The smallest absolute Gasteiger partial charge is 0.260 e. The quantitative estimate of drug-likeness (QED) is 0.780. The van der Waals surface area contributed by atoms with E-state index in [1.165, 1.54) is 12.8 Å². The van der Waals surface area contributed by atoms with Gasteiger partial charge in [0.25, 0.3) is 5.91 Å². The Balaban J connectivity index is 1.80. The van der Waals surface area contributed by atoms with Crippen LogP contribution in [0.4, 0.5) is 0 Å². The number of nitrogens with zero attached hydrogens (tertiary/aromatic N) is 1. The van der Waals surface area contributed by atoms with Crippen LogP contribution in [0.3, 0.4) is 0 Å². The summed E-state index contributed by atoms with van der Waals surface area (Å²) in [6, 6.07) is 7.75. The first-order valence-electron chi connectivity index (χ1n) is 6.09. The van der Waals surface area contributed by atoms with Crippen molar-refractivity contribution in [1.82, 2.24) is 4.90 Å². The molecule has 1 amide bonds. The van der Waals surface area contributed by atoms with Gasteiger partial charge in [-0.25, -0.2) is 0 Å². The summed E-state index contributed by atoms with van der Waals surface area (Å²) in [5.41, 5.74) is 1.06. The number of para-hydroxylation sites is 1. The van der Waals surface area contributed by atoms with E-state index in [0.29, 0.717) is 0 Å². The number of hydrogen-bond acceptors (Lipinski definition) is 2. The number of amides is 1. The minimum Gasteiger partial charge on any atom is -0.484 e. The van der Waals surface area contributed by atoms with E-state index in [0.717, 1.165) is 23.8 Å². The molecular weight excluding hydrogens is 214 g/mol. The highest BCUT2D eigenvalue weighted by molar-refractivity contribution is 5.77. The van der Waals surface area contributed by atoms with Crippen molar-refractivity contribution in [3.63, 3.8) is 0 Å². The predicted octanol–water partition coefficient (Wildman–Crippen LogP) is 2.24. The number of rotatable bonds is 5. The SMILES string of the molecule is Cc1ccccc1OCC(=O)N(C)CC1CC1. The fourth-order valence-corrected chi connectivity index (χ4v) is 1.76. The molecule has 0 bridgehead atoms. The maximum absolute atomic E-state index is 11.8. The first-order chi connectivity index (χ1) is 8.16. The fraction of sp³-hybridized carbons (Fsp3) is 0.500. The molecule has 1 fully saturated rings. The monoisotopic (exact) mass is 233 g/mol. The number of carbonyl (C=O) groups is 1. The van der Waals surface area contributed by atoms with Crippen molar-refractivity contribution in [3.8, 4) is 5.75 Å². The van der Waals surface area contributed by atoms with E-state index in [1.807, 2.05) is 38.2 Å². The van der Waals surface area contributed by atoms with Crippen LogP contribution in [0.5, 0.6) is 5.75 Å². The lowest BCUT2D eigenvalue weighted by Gasteiger charge is -2.17. The maximum atomic E-state index is 11.8. The second-order valence-corrected chi connectivity index (χ2v) is 4.77. The van der Waals surface area contributed by atoms with E-state index in [9.17, 15) is 4.79 Å². The highest BCUT2D eigenvalue weighted by Gasteiger charge is 2.24. The molecule has 2 rings (SSSR count). The number of likely N-dealkylation sites (N-methyl/N-ethyl adjacent to an activating group) is 1. The molecule has 0 spiro atoms. The van der Waals surface area contributed by atoms with E-state index >= 15 is 0 Å². The first kappa shape index (κ1) is 12.0. The van der Waals surface area contributed by atoms with Crippen LogP contribution in [0.1, 0.15) is 18.4 Å². The lowest BCUT2D eigenvalue weighted by Crippen LogP contribution is -2.33. The van der Waals surface area contributed by atoms with Crippen LogP contribution in [-0.4, -0.2) is 31.0 Å². The van der Waals surface area contributed by atoms with Gasteiger partial charge in [-0.3, -0.25) is 4.79 Å². The number of hydrogen-bond donors (Lipinski definition) is 0. The van der Waals surface area contributed by atoms with Crippen molar-refractivity contribution < 1.29 is 9.53 Å². The van der Waals surface area contributed by atoms with Crippen molar-refractivity contribution in [1.29, 1.82) is 0 Å². The molecule has 1 aromatic rings. The molecule has 3 heteroatoms. The van der Waals surface area contributed by atoms with Crippen LogP contribution < -0.4 is 4.74 Å². The normalized spacial score (nSPS) is 14.5. The molecule has 1 saturated carbocycles. The molecule has 1 aliphatic carbocycles. The van der Waals surface area contributed by atoms with Gasteiger partial charge in [0, 0.05) is 13.6 Å². The molecule has 3 nitrogen and oxygen atoms in total. The van der Waals surface area contributed by atoms with Crippen LogP contribution in [-0.2, 0) is 4.79 Å². The van der Waals surface area contributed by atoms with Crippen molar-refractivity contribution >= 4 is 5.91 Å². The molecule has 92 valence electrons. The minimum absolute atomic E-state index is 0.0557. The maximum Gasteiger partial charge on any atom is 0.260 e. The molecule has 0 atom stereocenters. The van der Waals surface area contributed by atoms with Gasteiger partial charge in [0.05, 0.1) is 0 Å². The summed E-state index contributed by atoms with van der Waals surface area (Å²) in [5.74, 6) is 1.57. The Bertz CT molecular complexity index is 399. The summed E-state index contributed by atoms with van der Waals surface area (Å²) in [6.45, 7) is 2.98. The summed E-state index contributed by atoms with van der Waals surface area (Å²) in [7, 11) is 1.85. The highest BCUT2D eigenvalue weighted by Crippen LogP contribution is 2.29. The van der Waals surface area contributed by atoms with E-state index in [2.05, 4.69) is 0 Å². The summed E-state index contributed by atoms with van der Waals surface area (Å²) in [6.07, 6.45) is 2.52. The molecule has 0 aromatic heterocycles. The van der Waals surface area contributed by atoms with Crippen LogP contribution in [0.15, 0.2) is 24.3 Å². The topological polar surface area (TPSA) is 29.5 Å². The number of benzene rings is 1. The molecule has 0 unspecified atom stereocenters. The average molecular weight is 233 g/mol. The van der Waals surface area contributed by atoms with Gasteiger partial charge in [0.1, 0.15) is 5.75 Å². The van der Waals surface area contributed by atoms with E-state index in [4.69, 9.17) is 4.74 Å². The number of aryl methyl sites for hydroxylation is 1. The predicted molar refractivity (Wildman–Crippen MR) is 67.0 cm³/mol. The fourth-order valence-electron chi connectivity index (χ4n) is 1.76. The summed E-state index contributed by atoms with van der Waals surface area (Å²) >= 11 is 0. The summed E-state index contributed by atoms with van der Waals surface area (Å²) < 4.78 is 5.53. The average Bonchev–Trinajstić information content (AvgIpc) is 3.11. The van der Waals surface area contributed by atoms with Gasteiger partial charge >= 0.3 is 0 Å². The van der Waals surface area contributed by atoms with Crippen molar-refractivity contribution in [2.24, 2.45) is 5.92 Å². The third-order valence-electron chi connectivity index (χ3n) is 3.10. The third kappa shape index (κ3) is 3.48. The molecule has 0 N–H and O–H groups in total. The lowest BCUT2D eigenvalue weighted by atomic mass is 10.2. The van der Waals surface area contributed by atoms with Crippen LogP contribution in [0.25, 0.3) is 0 Å². The van der Waals surface area contributed by atoms with Crippen molar-refractivity contribution in [2.75, 3.05) is 20.2 Å². The molecule has 1 aliphatic rings. The standard InChI is InChI=1S/C14H19NO2/c1-11-5-3-4-6-13(11)17-10-14(16)15(2)9-12-7-8-12/h3-6,12H,7-10H2,1-2H3. The number of carbonyl (C=O) groups excluding carboxylic acids is 1. The second kappa shape index (κ2) is 5.21.